The van der Waals surface area contributed by atoms with Gasteiger partial charge in [-0.05, 0) is 37.8 Å². The summed E-state index contributed by atoms with van der Waals surface area (Å²) in [6, 6.07) is 0. The van der Waals surface area contributed by atoms with E-state index in [1.54, 1.807) is 0 Å². The van der Waals surface area contributed by atoms with Gasteiger partial charge >= 0.3 is 6.18 Å². The molecule has 1 saturated heterocycles. The molecule has 1 rings (SSSR count). The predicted octanol–water partition coefficient (Wildman–Crippen LogP) is 1.39. The van der Waals surface area contributed by atoms with Crippen LogP contribution in [0.3, 0.4) is 0 Å². The molecule has 1 unspecified atom stereocenters. The number of halogens is 3. The first-order valence-electron chi connectivity index (χ1n) is 6.94. The molecule has 0 bridgehead atoms. The van der Waals surface area contributed by atoms with Crippen LogP contribution in [0.5, 0.6) is 0 Å². The summed E-state index contributed by atoms with van der Waals surface area (Å²) in [5.41, 5.74) is 0. The number of nitrogens with one attached hydrogen (secondary N) is 1. The maximum Gasteiger partial charge on any atom is 0.414 e. The van der Waals surface area contributed by atoms with Crippen molar-refractivity contribution < 1.29 is 23.1 Å². The average molecular weight is 296 g/mol. The van der Waals surface area contributed by atoms with E-state index in [1.807, 2.05) is 18.7 Å². The standard InChI is InChI=1S/C13H23F3N2O2/c1-9(2)7-17-11(19)8-18-5-3-10(4-6-18)12(20)13(14,15)16/h9-10,12,20H,3-8H2,1-2H3,(H,17,19). The Bertz CT molecular complexity index is 313. The van der Waals surface area contributed by atoms with Crippen molar-refractivity contribution in [3.8, 4) is 0 Å². The number of alkyl halides is 3. The van der Waals surface area contributed by atoms with Crippen molar-refractivity contribution in [1.82, 2.24) is 10.2 Å². The molecule has 1 aliphatic heterocycles. The van der Waals surface area contributed by atoms with Gasteiger partial charge in [-0.2, -0.15) is 13.2 Å². The molecule has 1 aliphatic rings. The van der Waals surface area contributed by atoms with Gasteiger partial charge in [0.15, 0.2) is 6.10 Å². The van der Waals surface area contributed by atoms with Gasteiger partial charge in [-0.1, -0.05) is 13.8 Å². The van der Waals surface area contributed by atoms with E-state index in [9.17, 15) is 23.1 Å². The smallest absolute Gasteiger partial charge is 0.383 e. The summed E-state index contributed by atoms with van der Waals surface area (Å²) in [5.74, 6) is -0.495. The van der Waals surface area contributed by atoms with Gasteiger partial charge in [0.1, 0.15) is 0 Å². The van der Waals surface area contributed by atoms with Gasteiger partial charge in [0, 0.05) is 6.54 Å². The van der Waals surface area contributed by atoms with Gasteiger partial charge in [-0.3, -0.25) is 9.69 Å². The lowest BCUT2D eigenvalue weighted by atomic mass is 9.91. The lowest BCUT2D eigenvalue weighted by Gasteiger charge is -2.34. The van der Waals surface area contributed by atoms with Crippen LogP contribution in [0.25, 0.3) is 0 Å². The zero-order valence-electron chi connectivity index (χ0n) is 11.9. The van der Waals surface area contributed by atoms with Crippen LogP contribution in [0.2, 0.25) is 0 Å². The predicted molar refractivity (Wildman–Crippen MR) is 69.1 cm³/mol. The van der Waals surface area contributed by atoms with E-state index < -0.39 is 18.2 Å². The SMILES string of the molecule is CC(C)CNC(=O)CN1CCC(C(O)C(F)(F)F)CC1. The van der Waals surface area contributed by atoms with Crippen molar-refractivity contribution in [3.63, 3.8) is 0 Å². The zero-order chi connectivity index (χ0) is 15.3. The van der Waals surface area contributed by atoms with Crippen molar-refractivity contribution in [2.45, 2.75) is 39.0 Å². The van der Waals surface area contributed by atoms with Gasteiger partial charge in [-0.15, -0.1) is 0 Å². The van der Waals surface area contributed by atoms with Crippen molar-refractivity contribution in [2.75, 3.05) is 26.2 Å². The molecule has 1 atom stereocenters. The number of carbonyl (C=O) groups is 1. The Kier molecular flexibility index (Phi) is 6.26. The minimum Gasteiger partial charge on any atom is -0.383 e. The highest BCUT2D eigenvalue weighted by Gasteiger charge is 2.44. The van der Waals surface area contributed by atoms with Crippen LogP contribution >= 0.6 is 0 Å². The van der Waals surface area contributed by atoms with Crippen molar-refractivity contribution >= 4 is 5.91 Å². The van der Waals surface area contributed by atoms with E-state index in [4.69, 9.17) is 0 Å². The number of aliphatic hydroxyl groups excluding tert-OH is 1. The van der Waals surface area contributed by atoms with E-state index in [1.165, 1.54) is 0 Å². The fourth-order valence-electron chi connectivity index (χ4n) is 2.27. The van der Waals surface area contributed by atoms with E-state index in [-0.39, 0.29) is 25.3 Å². The summed E-state index contributed by atoms with van der Waals surface area (Å²) in [6.45, 7) is 5.61. The van der Waals surface area contributed by atoms with Crippen molar-refractivity contribution in [3.05, 3.63) is 0 Å². The second-order valence-corrected chi connectivity index (χ2v) is 5.80. The fraction of sp³-hybridized carbons (Fsp3) is 0.923. The Labute approximate surface area is 117 Å². The van der Waals surface area contributed by atoms with Gasteiger partial charge in [0.2, 0.25) is 5.91 Å². The summed E-state index contributed by atoms with van der Waals surface area (Å²) in [6.07, 6.45) is -6.28. The molecule has 1 heterocycles. The fourth-order valence-corrected chi connectivity index (χ4v) is 2.27. The van der Waals surface area contributed by atoms with Gasteiger partial charge in [0.25, 0.3) is 0 Å². The minimum absolute atomic E-state index is 0.103. The maximum absolute atomic E-state index is 12.4. The normalized spacial score (nSPS) is 20.1. The number of amides is 1. The van der Waals surface area contributed by atoms with Crippen LogP contribution in [-0.2, 0) is 4.79 Å². The summed E-state index contributed by atoms with van der Waals surface area (Å²) < 4.78 is 37.2. The lowest BCUT2D eigenvalue weighted by molar-refractivity contribution is -0.223. The second-order valence-electron chi connectivity index (χ2n) is 5.80. The Morgan fingerprint density at radius 2 is 1.90 bits per heavy atom. The third kappa shape index (κ3) is 5.66. The van der Waals surface area contributed by atoms with Gasteiger partial charge in [-0.25, -0.2) is 0 Å². The Morgan fingerprint density at radius 1 is 1.35 bits per heavy atom. The van der Waals surface area contributed by atoms with Gasteiger partial charge < -0.3 is 10.4 Å². The van der Waals surface area contributed by atoms with E-state index >= 15 is 0 Å². The monoisotopic (exact) mass is 296 g/mol. The van der Waals surface area contributed by atoms with Crippen LogP contribution in [0, 0.1) is 11.8 Å². The van der Waals surface area contributed by atoms with Crippen LogP contribution in [-0.4, -0.2) is 54.4 Å². The summed E-state index contributed by atoms with van der Waals surface area (Å²) in [7, 11) is 0. The number of nitrogens with zero attached hydrogens (tertiary/aromatic N) is 1. The molecule has 0 radical (unpaired) electrons. The summed E-state index contributed by atoms with van der Waals surface area (Å²) in [5, 5.41) is 12.0. The van der Waals surface area contributed by atoms with E-state index in [2.05, 4.69) is 5.32 Å². The number of aliphatic hydroxyl groups is 1. The zero-order valence-corrected chi connectivity index (χ0v) is 11.9. The van der Waals surface area contributed by atoms with Crippen LogP contribution in [0.4, 0.5) is 13.2 Å². The summed E-state index contributed by atoms with van der Waals surface area (Å²) in [4.78, 5) is 13.4. The third-order valence-corrected chi connectivity index (χ3v) is 3.49. The minimum atomic E-state index is -4.55. The third-order valence-electron chi connectivity index (χ3n) is 3.49. The van der Waals surface area contributed by atoms with Crippen molar-refractivity contribution in [2.24, 2.45) is 11.8 Å². The Hall–Kier alpha value is -0.820. The molecule has 20 heavy (non-hydrogen) atoms. The Balaban J connectivity index is 2.30. The largest absolute Gasteiger partial charge is 0.414 e. The number of rotatable bonds is 5. The van der Waals surface area contributed by atoms with Crippen LogP contribution < -0.4 is 5.32 Å². The first-order valence-corrected chi connectivity index (χ1v) is 6.94. The molecule has 2 N–H and O–H groups in total. The van der Waals surface area contributed by atoms with Crippen LogP contribution in [0.1, 0.15) is 26.7 Å². The molecule has 0 aliphatic carbocycles. The first kappa shape index (κ1) is 17.2. The highest BCUT2D eigenvalue weighted by molar-refractivity contribution is 5.78. The molecule has 118 valence electrons. The highest BCUT2D eigenvalue weighted by atomic mass is 19.4. The first-order chi connectivity index (χ1) is 9.20. The highest BCUT2D eigenvalue weighted by Crippen LogP contribution is 2.31. The molecular weight excluding hydrogens is 273 g/mol. The van der Waals surface area contributed by atoms with E-state index in [0.717, 1.165) is 0 Å². The lowest BCUT2D eigenvalue weighted by Crippen LogP contribution is -2.46. The summed E-state index contributed by atoms with van der Waals surface area (Å²) >= 11 is 0. The molecule has 0 aromatic heterocycles. The molecule has 0 spiro atoms. The topological polar surface area (TPSA) is 52.6 Å². The number of hydrogen-bond acceptors (Lipinski definition) is 3. The molecule has 7 heteroatoms. The number of hydrogen-bond donors (Lipinski definition) is 2. The Morgan fingerprint density at radius 3 is 2.35 bits per heavy atom. The number of likely N-dealkylation sites (tertiary alicyclic amines) is 1. The second kappa shape index (κ2) is 7.26. The molecule has 0 saturated carbocycles. The van der Waals surface area contributed by atoms with Gasteiger partial charge in [0.05, 0.1) is 6.54 Å². The molecule has 0 aromatic rings. The number of piperidine rings is 1. The quantitative estimate of drug-likeness (QED) is 0.806. The average Bonchev–Trinajstić information content (AvgIpc) is 2.35. The maximum atomic E-state index is 12.4. The molecule has 4 nitrogen and oxygen atoms in total. The van der Waals surface area contributed by atoms with Crippen molar-refractivity contribution in [1.29, 1.82) is 0 Å². The van der Waals surface area contributed by atoms with E-state index in [0.29, 0.717) is 25.6 Å². The number of carbonyl (C=O) groups excluding carboxylic acids is 1. The molecular formula is C13H23F3N2O2. The molecule has 1 amide bonds. The van der Waals surface area contributed by atoms with Crippen LogP contribution in [0.15, 0.2) is 0 Å². The molecule has 1 fully saturated rings. The molecule has 0 aromatic carbocycles.